The molecule has 6 nitrogen and oxygen atoms in total. The zero-order valence-electron chi connectivity index (χ0n) is 20.9. The number of carbonyl (C=O) groups is 2. The predicted octanol–water partition coefficient (Wildman–Crippen LogP) is 6.85. The van der Waals surface area contributed by atoms with Crippen LogP contribution < -0.4 is 5.32 Å². The number of H-pyrrole nitrogens is 1. The normalized spacial score (nSPS) is 18.4. The number of rotatable bonds is 6. The van der Waals surface area contributed by atoms with E-state index < -0.39 is 0 Å². The first-order valence-electron chi connectivity index (χ1n) is 13.1. The number of aryl methyl sites for hydroxylation is 1. The van der Waals surface area contributed by atoms with Crippen molar-refractivity contribution in [1.82, 2.24) is 14.8 Å². The number of aromatic amines is 1. The second kappa shape index (κ2) is 12.1. The van der Waals surface area contributed by atoms with Crippen molar-refractivity contribution in [1.29, 1.82) is 0 Å². The molecule has 0 spiro atoms. The Labute approximate surface area is 225 Å². The van der Waals surface area contributed by atoms with Crippen LogP contribution in [0.5, 0.6) is 0 Å². The van der Waals surface area contributed by atoms with Gasteiger partial charge in [-0.3, -0.25) is 4.90 Å². The number of carbonyl (C=O) groups excluding carboxylic acids is 2. The lowest BCUT2D eigenvalue weighted by atomic mass is 9.86. The van der Waals surface area contributed by atoms with Crippen molar-refractivity contribution in [3.05, 3.63) is 64.8 Å². The number of urea groups is 1. The molecule has 0 bridgehead atoms. The van der Waals surface area contributed by atoms with Crippen LogP contribution in [0.25, 0.3) is 10.9 Å². The number of hydrogen-bond donors (Lipinski definition) is 2. The summed E-state index contributed by atoms with van der Waals surface area (Å²) in [4.78, 5) is 32.4. The number of halogens is 1. The smallest absolute Gasteiger partial charge is 0.321 e. The van der Waals surface area contributed by atoms with Crippen LogP contribution in [0.2, 0.25) is 5.02 Å². The Morgan fingerprint density at radius 1 is 1.11 bits per heavy atom. The molecule has 198 valence electrons. The number of benzene rings is 2. The third kappa shape index (κ3) is 6.19. The van der Waals surface area contributed by atoms with Gasteiger partial charge in [-0.2, -0.15) is 0 Å². The molecule has 1 aromatic heterocycles. The van der Waals surface area contributed by atoms with Gasteiger partial charge in [0.1, 0.15) is 6.29 Å². The zero-order valence-corrected chi connectivity index (χ0v) is 21.6. The van der Waals surface area contributed by atoms with Gasteiger partial charge in [0.2, 0.25) is 0 Å². The summed E-state index contributed by atoms with van der Waals surface area (Å²) >= 11 is 6.09. The molecule has 5 rings (SSSR count). The van der Waals surface area contributed by atoms with Crippen LogP contribution in [-0.4, -0.2) is 59.3 Å². The number of aromatic nitrogens is 1. The number of likely N-dealkylation sites (tertiary alicyclic amines) is 2. The lowest BCUT2D eigenvalue weighted by Crippen LogP contribution is -2.45. The highest BCUT2D eigenvalue weighted by Gasteiger charge is 2.30. The average molecular weight is 523 g/mol. The minimum absolute atomic E-state index is 0. The SMILES string of the molecule is C.Cc1cc(NC(=O)N2CCC(CC(C=O)N3CCC(c4c[nH]c5ccccc45)CC3)CC2)ccc1Cl. The van der Waals surface area contributed by atoms with Crippen LogP contribution in [0.15, 0.2) is 48.7 Å². The quantitative estimate of drug-likeness (QED) is 0.348. The third-order valence-corrected chi connectivity index (χ3v) is 8.53. The summed E-state index contributed by atoms with van der Waals surface area (Å²) < 4.78 is 0. The molecule has 2 aliphatic heterocycles. The Hall–Kier alpha value is -2.83. The highest BCUT2D eigenvalue weighted by atomic mass is 35.5. The van der Waals surface area contributed by atoms with Crippen molar-refractivity contribution in [3.8, 4) is 0 Å². The van der Waals surface area contributed by atoms with Gasteiger partial charge in [-0.15, -0.1) is 0 Å². The maximum atomic E-state index is 12.7. The average Bonchev–Trinajstić information content (AvgIpc) is 3.34. The molecule has 2 aliphatic rings. The van der Waals surface area contributed by atoms with Gasteiger partial charge < -0.3 is 20.0 Å². The van der Waals surface area contributed by atoms with Crippen molar-refractivity contribution in [2.75, 3.05) is 31.5 Å². The number of anilines is 1. The van der Waals surface area contributed by atoms with Gasteiger partial charge in [0.15, 0.2) is 0 Å². The van der Waals surface area contributed by atoms with Crippen LogP contribution in [0, 0.1) is 12.8 Å². The fourth-order valence-electron chi connectivity index (χ4n) is 5.90. The Morgan fingerprint density at radius 2 is 1.84 bits per heavy atom. The van der Waals surface area contributed by atoms with E-state index in [4.69, 9.17) is 11.6 Å². The van der Waals surface area contributed by atoms with E-state index in [9.17, 15) is 9.59 Å². The molecule has 0 radical (unpaired) electrons. The van der Waals surface area contributed by atoms with Crippen LogP contribution in [-0.2, 0) is 4.79 Å². The number of hydrogen-bond acceptors (Lipinski definition) is 3. The van der Waals surface area contributed by atoms with E-state index in [1.54, 1.807) is 0 Å². The van der Waals surface area contributed by atoms with Crippen LogP contribution in [0.1, 0.15) is 56.6 Å². The number of nitrogens with one attached hydrogen (secondary N) is 2. The molecule has 2 amide bonds. The third-order valence-electron chi connectivity index (χ3n) is 8.10. The number of para-hydroxylation sites is 1. The van der Waals surface area contributed by atoms with E-state index in [2.05, 4.69) is 45.7 Å². The van der Waals surface area contributed by atoms with Gasteiger partial charge in [-0.05, 0) is 99.3 Å². The maximum Gasteiger partial charge on any atom is 0.321 e. The van der Waals surface area contributed by atoms with Gasteiger partial charge >= 0.3 is 6.03 Å². The van der Waals surface area contributed by atoms with Gasteiger partial charge in [0.25, 0.3) is 0 Å². The summed E-state index contributed by atoms with van der Waals surface area (Å²) in [6, 6.07) is 13.9. The van der Waals surface area contributed by atoms with Crippen molar-refractivity contribution in [2.45, 2.75) is 58.4 Å². The van der Waals surface area contributed by atoms with E-state index in [1.165, 1.54) is 16.5 Å². The molecule has 2 N–H and O–H groups in total. The van der Waals surface area contributed by atoms with Crippen LogP contribution in [0.4, 0.5) is 10.5 Å². The molecule has 2 aromatic carbocycles. The van der Waals surface area contributed by atoms with E-state index >= 15 is 0 Å². The van der Waals surface area contributed by atoms with Gasteiger partial charge in [-0.25, -0.2) is 4.79 Å². The summed E-state index contributed by atoms with van der Waals surface area (Å²) in [5.74, 6) is 1.00. The van der Waals surface area contributed by atoms with Crippen molar-refractivity contribution < 1.29 is 9.59 Å². The second-order valence-electron chi connectivity index (χ2n) is 10.4. The summed E-state index contributed by atoms with van der Waals surface area (Å²) in [5.41, 5.74) is 4.32. The highest BCUT2D eigenvalue weighted by molar-refractivity contribution is 6.31. The largest absolute Gasteiger partial charge is 0.361 e. The van der Waals surface area contributed by atoms with Gasteiger partial charge in [0, 0.05) is 40.9 Å². The Balaban J connectivity index is 0.00000320. The predicted molar refractivity (Wildman–Crippen MR) is 153 cm³/mol. The molecule has 1 atom stereocenters. The molecule has 3 aromatic rings. The minimum Gasteiger partial charge on any atom is -0.361 e. The van der Waals surface area contributed by atoms with Crippen molar-refractivity contribution >= 4 is 40.5 Å². The van der Waals surface area contributed by atoms with E-state index in [-0.39, 0.29) is 19.5 Å². The van der Waals surface area contributed by atoms with E-state index in [1.807, 2.05) is 30.0 Å². The Morgan fingerprint density at radius 3 is 2.54 bits per heavy atom. The molecular weight excluding hydrogens is 484 g/mol. The van der Waals surface area contributed by atoms with Crippen molar-refractivity contribution in [2.24, 2.45) is 5.92 Å². The molecule has 1 unspecified atom stereocenters. The van der Waals surface area contributed by atoms with Gasteiger partial charge in [-0.1, -0.05) is 37.2 Å². The topological polar surface area (TPSA) is 68.4 Å². The van der Waals surface area contributed by atoms with E-state index in [0.717, 1.165) is 75.8 Å². The lowest BCUT2D eigenvalue weighted by molar-refractivity contribution is -0.113. The van der Waals surface area contributed by atoms with Gasteiger partial charge in [0.05, 0.1) is 6.04 Å². The number of piperidine rings is 2. The first-order chi connectivity index (χ1) is 17.5. The fraction of sp³-hybridized carbons (Fsp3) is 0.467. The second-order valence-corrected chi connectivity index (χ2v) is 10.8. The molecule has 2 fully saturated rings. The summed E-state index contributed by atoms with van der Waals surface area (Å²) in [6.07, 6.45) is 8.22. The summed E-state index contributed by atoms with van der Waals surface area (Å²) in [6.45, 7) is 5.27. The number of aldehydes is 1. The monoisotopic (exact) mass is 522 g/mol. The van der Waals surface area contributed by atoms with Crippen LogP contribution in [0.3, 0.4) is 0 Å². The zero-order chi connectivity index (χ0) is 25.1. The summed E-state index contributed by atoms with van der Waals surface area (Å²) in [7, 11) is 0. The maximum absolute atomic E-state index is 12.7. The number of nitrogens with zero attached hydrogens (tertiary/aromatic N) is 2. The first kappa shape index (κ1) is 27.2. The molecule has 0 saturated carbocycles. The van der Waals surface area contributed by atoms with Crippen LogP contribution >= 0.6 is 11.6 Å². The molecule has 0 aliphatic carbocycles. The Bertz CT molecular complexity index is 1210. The standard InChI is InChI=1S/C29H35ClN4O2.CH4/c1-20-16-23(6-7-27(20)30)32-29(36)34-12-8-21(9-13-34)17-24(19-35)33-14-10-22(11-15-33)26-18-31-28-5-3-2-4-25(26)28;/h2-7,16,18-19,21-22,24,31H,8-15,17H2,1H3,(H,32,36);1H4. The molecule has 2 saturated heterocycles. The Kier molecular flexibility index (Phi) is 8.93. The van der Waals surface area contributed by atoms with Crippen molar-refractivity contribution in [3.63, 3.8) is 0 Å². The molecule has 3 heterocycles. The fourth-order valence-corrected chi connectivity index (χ4v) is 6.02. The first-order valence-corrected chi connectivity index (χ1v) is 13.5. The summed E-state index contributed by atoms with van der Waals surface area (Å²) in [5, 5.41) is 5.01. The molecule has 7 heteroatoms. The lowest BCUT2D eigenvalue weighted by Gasteiger charge is -2.38. The highest BCUT2D eigenvalue weighted by Crippen LogP contribution is 2.34. The minimum atomic E-state index is -0.0681. The molecule has 37 heavy (non-hydrogen) atoms. The number of amides is 2. The molecular formula is C30H39ClN4O2. The number of fused-ring (bicyclic) bond motifs is 1. The van der Waals surface area contributed by atoms with E-state index in [0.29, 0.717) is 16.9 Å².